The summed E-state index contributed by atoms with van der Waals surface area (Å²) in [4.78, 5) is 12.7. The Balaban J connectivity index is 1.59. The number of ether oxygens (including phenoxy) is 2. The molecule has 162 valence electrons. The Kier molecular flexibility index (Phi) is 4.26. The van der Waals surface area contributed by atoms with Crippen LogP contribution in [-0.4, -0.2) is 26.7 Å². The number of Topliss-reactive ketones (excluding diaryl/α,β-unsaturated/α-hetero) is 1. The van der Waals surface area contributed by atoms with E-state index in [0.29, 0.717) is 17.2 Å². The molecular weight excluding hydrogens is 396 g/mol. The number of phenols is 3. The van der Waals surface area contributed by atoms with Crippen molar-refractivity contribution >= 4 is 5.78 Å². The molecule has 0 bridgehead atoms. The minimum absolute atomic E-state index is 0.00450. The molecule has 0 fully saturated rings. The molecule has 2 heterocycles. The van der Waals surface area contributed by atoms with Crippen LogP contribution in [0.15, 0.2) is 35.9 Å². The molecule has 0 unspecified atom stereocenters. The molecule has 0 aromatic heterocycles. The predicted molar refractivity (Wildman–Crippen MR) is 114 cm³/mol. The first-order valence-electron chi connectivity index (χ1n) is 10.6. The lowest BCUT2D eigenvalue weighted by molar-refractivity contribution is 0.0113. The van der Waals surface area contributed by atoms with Crippen molar-refractivity contribution in [3.8, 4) is 28.7 Å². The Labute approximate surface area is 180 Å². The fraction of sp³-hybridized carbons (Fsp3) is 0.400. The zero-order chi connectivity index (χ0) is 22.1. The van der Waals surface area contributed by atoms with Gasteiger partial charge in [-0.05, 0) is 39.7 Å². The third-order valence-electron chi connectivity index (χ3n) is 6.86. The van der Waals surface area contributed by atoms with Crippen LogP contribution in [0.1, 0.15) is 73.5 Å². The summed E-state index contributed by atoms with van der Waals surface area (Å²) in [7, 11) is 0. The second kappa shape index (κ2) is 6.67. The molecule has 6 nitrogen and oxygen atoms in total. The van der Waals surface area contributed by atoms with E-state index in [2.05, 4.69) is 26.8 Å². The number of hydrogen-bond acceptors (Lipinski definition) is 6. The van der Waals surface area contributed by atoms with Gasteiger partial charge in [0.15, 0.2) is 5.78 Å². The minimum Gasteiger partial charge on any atom is -0.508 e. The first-order chi connectivity index (χ1) is 14.6. The van der Waals surface area contributed by atoms with Gasteiger partial charge in [-0.25, -0.2) is 0 Å². The summed E-state index contributed by atoms with van der Waals surface area (Å²) in [6.07, 6.45) is 3.61. The Bertz CT molecular complexity index is 1130. The van der Waals surface area contributed by atoms with Gasteiger partial charge in [-0.15, -0.1) is 0 Å². The fourth-order valence-electron chi connectivity index (χ4n) is 5.32. The van der Waals surface area contributed by atoms with Gasteiger partial charge >= 0.3 is 0 Å². The van der Waals surface area contributed by atoms with E-state index in [4.69, 9.17) is 9.47 Å². The summed E-state index contributed by atoms with van der Waals surface area (Å²) >= 11 is 0. The molecule has 2 aromatic carbocycles. The molecule has 2 aliphatic heterocycles. The molecule has 6 heteroatoms. The van der Waals surface area contributed by atoms with Crippen molar-refractivity contribution in [3.63, 3.8) is 0 Å². The standard InChI is InChI=1S/C25H26O6/c1-12-4-5-17-14(6-12)15-9-16(18(27)10-22(15)31-25(17,2)3)21-11-20(29)24-19(28)7-13(26)8-23(24)30-21/h6-10,14,17,21,26-28H,4-5,11H2,1-3H3/t14-,17-,21-/m0/s1. The molecule has 0 spiro atoms. The molecule has 3 atom stereocenters. The molecule has 2 aromatic rings. The lowest BCUT2D eigenvalue weighted by Crippen LogP contribution is -2.45. The smallest absolute Gasteiger partial charge is 0.174 e. The van der Waals surface area contributed by atoms with E-state index in [1.807, 2.05) is 6.07 Å². The minimum atomic E-state index is -0.728. The van der Waals surface area contributed by atoms with Crippen LogP contribution >= 0.6 is 0 Å². The van der Waals surface area contributed by atoms with E-state index in [-0.39, 0.29) is 52.3 Å². The van der Waals surface area contributed by atoms with Crippen molar-refractivity contribution in [1.29, 1.82) is 0 Å². The molecule has 0 saturated heterocycles. The Morgan fingerprint density at radius 1 is 1.00 bits per heavy atom. The maximum atomic E-state index is 12.7. The van der Waals surface area contributed by atoms with Gasteiger partial charge in [0.05, 0.1) is 6.42 Å². The maximum Gasteiger partial charge on any atom is 0.174 e. The van der Waals surface area contributed by atoms with Crippen molar-refractivity contribution in [1.82, 2.24) is 0 Å². The lowest BCUT2D eigenvalue weighted by Gasteiger charge is -2.46. The number of carbonyl (C=O) groups excluding carboxylic acids is 1. The fourth-order valence-corrected chi connectivity index (χ4v) is 5.32. The van der Waals surface area contributed by atoms with E-state index in [1.54, 1.807) is 6.07 Å². The van der Waals surface area contributed by atoms with Crippen LogP contribution in [-0.2, 0) is 0 Å². The van der Waals surface area contributed by atoms with E-state index < -0.39 is 6.10 Å². The van der Waals surface area contributed by atoms with Gasteiger partial charge in [-0.3, -0.25) is 4.79 Å². The molecule has 0 radical (unpaired) electrons. The molecular formula is C25H26O6. The van der Waals surface area contributed by atoms with Crippen LogP contribution in [0.4, 0.5) is 0 Å². The monoisotopic (exact) mass is 422 g/mol. The highest BCUT2D eigenvalue weighted by atomic mass is 16.5. The zero-order valence-electron chi connectivity index (χ0n) is 17.8. The van der Waals surface area contributed by atoms with Crippen LogP contribution < -0.4 is 9.47 Å². The highest BCUT2D eigenvalue weighted by molar-refractivity contribution is 6.02. The van der Waals surface area contributed by atoms with Crippen molar-refractivity contribution in [2.24, 2.45) is 5.92 Å². The van der Waals surface area contributed by atoms with Crippen LogP contribution in [0.25, 0.3) is 0 Å². The van der Waals surface area contributed by atoms with E-state index in [0.717, 1.165) is 24.5 Å². The molecule has 3 N–H and O–H groups in total. The van der Waals surface area contributed by atoms with Crippen molar-refractivity contribution < 1.29 is 29.6 Å². The zero-order valence-corrected chi connectivity index (χ0v) is 17.8. The molecule has 31 heavy (non-hydrogen) atoms. The average molecular weight is 422 g/mol. The third-order valence-corrected chi connectivity index (χ3v) is 6.86. The van der Waals surface area contributed by atoms with Crippen molar-refractivity contribution in [2.45, 2.75) is 57.7 Å². The Morgan fingerprint density at radius 2 is 1.77 bits per heavy atom. The highest BCUT2D eigenvalue weighted by Gasteiger charge is 2.45. The second-order valence-electron chi connectivity index (χ2n) is 9.41. The number of hydrogen-bond donors (Lipinski definition) is 3. The van der Waals surface area contributed by atoms with Crippen LogP contribution in [0.3, 0.4) is 0 Å². The van der Waals surface area contributed by atoms with Gasteiger partial charge in [0.25, 0.3) is 0 Å². The SMILES string of the molecule is CC1=C[C@H]2c3cc([C@@H]4CC(=O)c5c(O)cc(O)cc5O4)c(O)cc3OC(C)(C)[C@H]2CC1. The Hall–Kier alpha value is -3.15. The normalized spacial score (nSPS) is 26.0. The largest absolute Gasteiger partial charge is 0.508 e. The van der Waals surface area contributed by atoms with Crippen LogP contribution in [0.5, 0.6) is 28.7 Å². The number of phenolic OH excluding ortho intramolecular Hbond substituents is 3. The molecule has 5 rings (SSSR count). The molecule has 0 saturated carbocycles. The van der Waals surface area contributed by atoms with Gasteiger partial charge in [-0.1, -0.05) is 11.6 Å². The van der Waals surface area contributed by atoms with Crippen LogP contribution in [0, 0.1) is 5.92 Å². The molecule has 0 amide bonds. The summed E-state index contributed by atoms with van der Waals surface area (Å²) in [6.45, 7) is 6.32. The van der Waals surface area contributed by atoms with Crippen LogP contribution in [0.2, 0.25) is 0 Å². The molecule has 1 aliphatic carbocycles. The van der Waals surface area contributed by atoms with Gasteiger partial charge in [0.2, 0.25) is 0 Å². The number of fused-ring (bicyclic) bond motifs is 4. The summed E-state index contributed by atoms with van der Waals surface area (Å²) in [5.74, 6) is 0.418. The summed E-state index contributed by atoms with van der Waals surface area (Å²) in [5.41, 5.74) is 2.52. The molecule has 3 aliphatic rings. The van der Waals surface area contributed by atoms with E-state index in [9.17, 15) is 20.1 Å². The number of rotatable bonds is 1. The summed E-state index contributed by atoms with van der Waals surface area (Å²) in [5, 5.41) is 30.6. The third kappa shape index (κ3) is 3.12. The average Bonchev–Trinajstić information content (AvgIpc) is 2.66. The summed E-state index contributed by atoms with van der Waals surface area (Å²) < 4.78 is 12.3. The van der Waals surface area contributed by atoms with Gasteiger partial charge in [0, 0.05) is 41.2 Å². The topological polar surface area (TPSA) is 96.2 Å². The van der Waals surface area contributed by atoms with Gasteiger partial charge in [0.1, 0.15) is 46.0 Å². The van der Waals surface area contributed by atoms with Gasteiger partial charge < -0.3 is 24.8 Å². The van der Waals surface area contributed by atoms with E-state index >= 15 is 0 Å². The quantitative estimate of drug-likeness (QED) is 0.552. The first kappa shape index (κ1) is 19.8. The Morgan fingerprint density at radius 3 is 2.55 bits per heavy atom. The predicted octanol–water partition coefficient (Wildman–Crippen LogP) is 5.12. The number of allylic oxidation sites excluding steroid dienone is 2. The number of carbonyl (C=O) groups is 1. The van der Waals surface area contributed by atoms with Gasteiger partial charge in [-0.2, -0.15) is 0 Å². The number of ketones is 1. The van der Waals surface area contributed by atoms with Crippen molar-refractivity contribution in [3.05, 3.63) is 52.6 Å². The maximum absolute atomic E-state index is 12.7. The number of aromatic hydroxyl groups is 3. The van der Waals surface area contributed by atoms with E-state index in [1.165, 1.54) is 11.6 Å². The second-order valence-corrected chi connectivity index (χ2v) is 9.41. The van der Waals surface area contributed by atoms with Crippen molar-refractivity contribution in [2.75, 3.05) is 0 Å². The first-order valence-corrected chi connectivity index (χ1v) is 10.6. The number of benzene rings is 2. The summed E-state index contributed by atoms with van der Waals surface area (Å²) in [6, 6.07) is 5.93. The highest BCUT2D eigenvalue weighted by Crippen LogP contribution is 2.53. The lowest BCUT2D eigenvalue weighted by atomic mass is 9.68.